The number of hydrogen-bond acceptors (Lipinski definition) is 10. The van der Waals surface area contributed by atoms with Crippen LogP contribution in [-0.4, -0.2) is 112 Å². The molecule has 13 atom stereocenters. The zero-order chi connectivity index (χ0) is 44.6. The van der Waals surface area contributed by atoms with Gasteiger partial charge in [0.05, 0.1) is 36.0 Å². The van der Waals surface area contributed by atoms with Crippen molar-refractivity contribution in [3.63, 3.8) is 0 Å². The fraction of sp³-hybridized carbons (Fsp3) is 0.896. The van der Waals surface area contributed by atoms with Gasteiger partial charge in [0.2, 0.25) is 0 Å². The molecule has 0 aromatic carbocycles. The third-order valence-corrected chi connectivity index (χ3v) is 21.2. The monoisotopic (exact) mass is 874 g/mol. The van der Waals surface area contributed by atoms with Gasteiger partial charge in [0, 0.05) is 44.2 Å². The Morgan fingerprint density at radius 3 is 2.18 bits per heavy atom. The number of ether oxygens (including phenoxy) is 3. The number of rotatable bonds is 13. The molecule has 0 aromatic heterocycles. The third kappa shape index (κ3) is 8.01. The number of methoxy groups -OCH3 is 1. The van der Waals surface area contributed by atoms with Gasteiger partial charge in [-0.1, -0.05) is 60.6 Å². The molecule has 7 rings (SSSR count). The van der Waals surface area contributed by atoms with Gasteiger partial charge in [0.25, 0.3) is 0 Å². The summed E-state index contributed by atoms with van der Waals surface area (Å²) in [6.45, 7) is 25.6. The van der Waals surface area contributed by atoms with Crippen molar-refractivity contribution in [2.45, 2.75) is 144 Å². The number of sulfone groups is 1. The Morgan fingerprint density at radius 1 is 0.836 bits per heavy atom. The second kappa shape index (κ2) is 16.6. The molecule has 6 saturated carbocycles. The van der Waals surface area contributed by atoms with Crippen LogP contribution in [0.1, 0.15) is 126 Å². The summed E-state index contributed by atoms with van der Waals surface area (Å²) in [6.07, 6.45) is 10.5. The average Bonchev–Trinajstić information content (AvgIpc) is 3.56. The van der Waals surface area contributed by atoms with E-state index < -0.39 is 33.2 Å². The Balaban J connectivity index is 1.09. The van der Waals surface area contributed by atoms with E-state index in [-0.39, 0.29) is 69.3 Å². The van der Waals surface area contributed by atoms with Gasteiger partial charge in [-0.15, -0.1) is 0 Å². The molecule has 6 aliphatic carbocycles. The first-order valence-corrected chi connectivity index (χ1v) is 25.5. The molecular weight excluding hydrogens is 795 g/mol. The minimum Gasteiger partial charge on any atom is -0.481 e. The number of carboxylic acid groups (broad SMARTS) is 1. The van der Waals surface area contributed by atoms with Crippen molar-refractivity contribution in [3.05, 3.63) is 12.2 Å². The van der Waals surface area contributed by atoms with E-state index in [1.807, 2.05) is 13.8 Å². The molecule has 7 fully saturated rings. The lowest BCUT2D eigenvalue weighted by Gasteiger charge is -2.73. The Labute approximate surface area is 366 Å². The minimum absolute atomic E-state index is 0.0906. The lowest BCUT2D eigenvalue weighted by molar-refractivity contribution is -0.248. The number of amides is 1. The molecule has 61 heavy (non-hydrogen) atoms. The highest BCUT2D eigenvalue weighted by Crippen LogP contribution is 2.76. The van der Waals surface area contributed by atoms with Crippen LogP contribution in [0.5, 0.6) is 0 Å². The predicted molar refractivity (Wildman–Crippen MR) is 235 cm³/mol. The van der Waals surface area contributed by atoms with Crippen LogP contribution in [0.25, 0.3) is 0 Å². The number of esters is 1. The number of nitrogens with one attached hydrogen (secondary N) is 2. The van der Waals surface area contributed by atoms with E-state index in [2.05, 4.69) is 63.7 Å². The van der Waals surface area contributed by atoms with Crippen LogP contribution in [-0.2, 0) is 33.6 Å². The van der Waals surface area contributed by atoms with E-state index >= 15 is 0 Å². The highest BCUT2D eigenvalue weighted by atomic mass is 32.2. The molecule has 0 spiro atoms. The van der Waals surface area contributed by atoms with Crippen molar-refractivity contribution in [2.24, 2.45) is 68.5 Å². The Bertz CT molecular complexity index is 1810. The Kier molecular flexibility index (Phi) is 12.8. The number of carbonyl (C=O) groups is 3. The summed E-state index contributed by atoms with van der Waals surface area (Å²) in [7, 11) is -1.46. The number of carbonyl (C=O) groups excluding carboxylic acids is 2. The number of hydrogen-bond donors (Lipinski definition) is 3. The molecule has 1 saturated heterocycles. The third-order valence-electron chi connectivity index (χ3n) is 19.6. The highest BCUT2D eigenvalue weighted by molar-refractivity contribution is 7.91. The predicted octanol–water partition coefficient (Wildman–Crippen LogP) is 7.12. The van der Waals surface area contributed by atoms with Gasteiger partial charge >= 0.3 is 18.0 Å². The van der Waals surface area contributed by atoms with Gasteiger partial charge in [0.15, 0.2) is 9.84 Å². The number of nitrogens with zero attached hydrogens (tertiary/aromatic N) is 1. The summed E-state index contributed by atoms with van der Waals surface area (Å²) >= 11 is 0. The lowest BCUT2D eigenvalue weighted by Crippen LogP contribution is -2.69. The van der Waals surface area contributed by atoms with Gasteiger partial charge in [-0.3, -0.25) is 14.5 Å². The van der Waals surface area contributed by atoms with Crippen LogP contribution in [0.3, 0.4) is 0 Å². The maximum Gasteiger partial charge on any atom is 0.407 e. The summed E-state index contributed by atoms with van der Waals surface area (Å²) in [5.41, 5.74) is 0.748. The molecule has 0 bridgehead atoms. The maximum atomic E-state index is 13.7. The van der Waals surface area contributed by atoms with Gasteiger partial charge in [-0.2, -0.15) is 0 Å². The summed E-state index contributed by atoms with van der Waals surface area (Å²) < 4.78 is 41.5. The number of fused-ring (bicyclic) bond motifs is 7. The van der Waals surface area contributed by atoms with Crippen molar-refractivity contribution >= 4 is 27.9 Å². The fourth-order valence-corrected chi connectivity index (χ4v) is 17.0. The van der Waals surface area contributed by atoms with Crippen molar-refractivity contribution in [2.75, 3.05) is 58.0 Å². The standard InChI is InChI=1S/C48H79N3O9S/c1-30(2)32-13-18-48(49-28-31(50-42(55)59-24-23-58-10)29-51-21-25-61(56,57)26-22-51)20-19-46(8)33(39(32)48)11-12-37-45(7)16-15-38(44(5,6)36(45)14-17-47(37,46)9)60-41(54)35-27-34(40(52)53)43(35,3)4/h31-39,49H,1,11-29H2,2-10H3,(H,50,55)(H,52,53)/t31?,32-,33+,34-,35+,36-,37+,38-,39+,45-,46+,47+,48-/m0/s1. The molecule has 1 unspecified atom stereocenters. The van der Waals surface area contributed by atoms with Crippen LogP contribution in [0.15, 0.2) is 12.2 Å². The molecule has 1 amide bonds. The van der Waals surface area contributed by atoms with Crippen LogP contribution < -0.4 is 10.6 Å². The van der Waals surface area contributed by atoms with Gasteiger partial charge in [-0.05, 0) is 129 Å². The lowest BCUT2D eigenvalue weighted by atomic mass is 9.32. The van der Waals surface area contributed by atoms with E-state index in [1.54, 1.807) is 7.11 Å². The van der Waals surface area contributed by atoms with E-state index in [9.17, 15) is 27.9 Å². The molecule has 13 heteroatoms. The van der Waals surface area contributed by atoms with Gasteiger partial charge < -0.3 is 30.0 Å². The SMILES string of the molecule is C=C(C)[C@@H]1CC[C@]2(NCC(CN3CCS(=O)(=O)CC3)NC(=O)OCCOC)CC[C@]3(C)[C@H](CC[C@@H]4[C@@]5(C)CC[C@H](OC(=O)[C@H]6C[C@@H](C(=O)O)C6(C)C)C(C)(C)[C@@H]5CC[C@]43C)[C@@H]12. The van der Waals surface area contributed by atoms with Crippen molar-refractivity contribution < 1.29 is 42.1 Å². The van der Waals surface area contributed by atoms with Crippen molar-refractivity contribution in [1.82, 2.24) is 15.5 Å². The quantitative estimate of drug-likeness (QED) is 0.0983. The van der Waals surface area contributed by atoms with Crippen LogP contribution in [0, 0.1) is 68.5 Å². The second-order valence-corrected chi connectivity index (χ2v) is 25.2. The van der Waals surface area contributed by atoms with Crippen LogP contribution >= 0.6 is 0 Å². The molecule has 0 radical (unpaired) electrons. The smallest absolute Gasteiger partial charge is 0.407 e. The Hall–Kier alpha value is -2.22. The minimum atomic E-state index is -3.03. The van der Waals surface area contributed by atoms with E-state index in [1.165, 1.54) is 18.4 Å². The van der Waals surface area contributed by atoms with E-state index in [0.29, 0.717) is 68.8 Å². The molecular formula is C48H79N3O9S. The first kappa shape index (κ1) is 46.8. The van der Waals surface area contributed by atoms with Crippen molar-refractivity contribution in [3.8, 4) is 0 Å². The number of alkyl carbamates (subject to hydrolysis) is 1. The summed E-state index contributed by atoms with van der Waals surface area (Å²) in [5.74, 6) is 0.651. The number of carboxylic acids is 1. The number of allylic oxidation sites excluding steroid dienone is 1. The summed E-state index contributed by atoms with van der Waals surface area (Å²) in [5, 5.41) is 17.0. The zero-order valence-corrected chi connectivity index (χ0v) is 39.7. The number of aliphatic carboxylic acids is 1. The van der Waals surface area contributed by atoms with Gasteiger partial charge in [-0.25, -0.2) is 13.2 Å². The summed E-state index contributed by atoms with van der Waals surface area (Å²) in [4.78, 5) is 40.7. The molecule has 0 aromatic rings. The molecule has 346 valence electrons. The second-order valence-electron chi connectivity index (χ2n) is 22.9. The maximum absolute atomic E-state index is 13.7. The average molecular weight is 874 g/mol. The first-order chi connectivity index (χ1) is 28.5. The highest BCUT2D eigenvalue weighted by Gasteiger charge is 2.71. The van der Waals surface area contributed by atoms with Crippen LogP contribution in [0.4, 0.5) is 4.79 Å². The summed E-state index contributed by atoms with van der Waals surface area (Å²) in [6, 6.07) is -0.258. The van der Waals surface area contributed by atoms with Crippen LogP contribution in [0.2, 0.25) is 0 Å². The molecule has 3 N–H and O–H groups in total. The molecule has 12 nitrogen and oxygen atoms in total. The molecule has 1 aliphatic heterocycles. The largest absolute Gasteiger partial charge is 0.481 e. The zero-order valence-electron chi connectivity index (χ0n) is 38.9. The molecule has 1 heterocycles. The topological polar surface area (TPSA) is 161 Å². The first-order valence-electron chi connectivity index (χ1n) is 23.6. The van der Waals surface area contributed by atoms with Crippen molar-refractivity contribution in [1.29, 1.82) is 0 Å². The van der Waals surface area contributed by atoms with Gasteiger partial charge in [0.1, 0.15) is 12.7 Å². The van der Waals surface area contributed by atoms with E-state index in [0.717, 1.165) is 51.4 Å². The fourth-order valence-electron chi connectivity index (χ4n) is 15.8. The molecule has 7 aliphatic rings. The van der Waals surface area contributed by atoms with E-state index in [4.69, 9.17) is 14.2 Å². The Morgan fingerprint density at radius 2 is 1.54 bits per heavy atom. The normalized spacial score (nSPS) is 42.6.